The Kier molecular flexibility index (Phi) is 7.04. The fraction of sp³-hybridized carbons (Fsp3) is 0.385. The molecule has 32 heavy (non-hydrogen) atoms. The average molecular weight is 437 g/mol. The molecule has 0 radical (unpaired) electrons. The van der Waals surface area contributed by atoms with Gasteiger partial charge in [-0.2, -0.15) is 0 Å². The van der Waals surface area contributed by atoms with Gasteiger partial charge < -0.3 is 19.6 Å². The van der Waals surface area contributed by atoms with E-state index in [1.807, 2.05) is 89.2 Å². The zero-order valence-electron chi connectivity index (χ0n) is 19.7. The second kappa shape index (κ2) is 9.57. The van der Waals surface area contributed by atoms with E-state index in [0.717, 1.165) is 16.7 Å². The number of nitrogens with zero attached hydrogens (tertiary/aromatic N) is 2. The third-order valence-corrected chi connectivity index (χ3v) is 5.52. The Morgan fingerprint density at radius 3 is 2.50 bits per heavy atom. The highest BCUT2D eigenvalue weighted by Gasteiger charge is 2.46. The van der Waals surface area contributed by atoms with E-state index >= 15 is 0 Å². The molecule has 0 aromatic heterocycles. The summed E-state index contributed by atoms with van der Waals surface area (Å²) in [6.07, 6.45) is -0.0136. The molecule has 0 aliphatic carbocycles. The van der Waals surface area contributed by atoms with Crippen LogP contribution in [0.2, 0.25) is 0 Å². The third-order valence-electron chi connectivity index (χ3n) is 5.52. The lowest BCUT2D eigenvalue weighted by Crippen LogP contribution is -2.35. The molecule has 1 aliphatic rings. The predicted molar refractivity (Wildman–Crippen MR) is 126 cm³/mol. The molecule has 2 aromatic rings. The van der Waals surface area contributed by atoms with Gasteiger partial charge in [-0.3, -0.25) is 9.59 Å². The lowest BCUT2D eigenvalue weighted by molar-refractivity contribution is -0.140. The summed E-state index contributed by atoms with van der Waals surface area (Å²) in [5.74, 6) is -0.749. The first-order valence-electron chi connectivity index (χ1n) is 10.9. The minimum absolute atomic E-state index is 0.0136. The fourth-order valence-corrected chi connectivity index (χ4v) is 3.93. The molecular weight excluding hydrogens is 404 g/mol. The summed E-state index contributed by atoms with van der Waals surface area (Å²) in [5.41, 5.74) is 3.21. The number of hydrogen-bond acceptors (Lipinski definition) is 5. The third kappa shape index (κ3) is 4.86. The number of Topliss-reactive ketones (excluding diaryl/α,β-unsaturated/α-hetero) is 1. The highest BCUT2D eigenvalue weighted by atomic mass is 16.5. The van der Waals surface area contributed by atoms with Gasteiger partial charge >= 0.3 is 0 Å². The molecule has 170 valence electrons. The second-order valence-electron chi connectivity index (χ2n) is 8.85. The molecular formula is C26H32N2O4. The summed E-state index contributed by atoms with van der Waals surface area (Å²) in [6.45, 7) is 8.64. The van der Waals surface area contributed by atoms with E-state index in [-0.39, 0.29) is 17.4 Å². The minimum Gasteiger partial charge on any atom is -0.507 e. The number of aliphatic hydroxyl groups excluding tert-OH is 1. The van der Waals surface area contributed by atoms with Crippen molar-refractivity contribution < 1.29 is 19.4 Å². The lowest BCUT2D eigenvalue weighted by Gasteiger charge is -2.27. The van der Waals surface area contributed by atoms with Crippen LogP contribution in [0.5, 0.6) is 5.75 Å². The van der Waals surface area contributed by atoms with Crippen LogP contribution in [0, 0.1) is 13.8 Å². The van der Waals surface area contributed by atoms with E-state index in [4.69, 9.17) is 4.74 Å². The summed E-state index contributed by atoms with van der Waals surface area (Å²) >= 11 is 0. The van der Waals surface area contributed by atoms with E-state index in [1.54, 1.807) is 4.90 Å². The van der Waals surface area contributed by atoms with Crippen molar-refractivity contribution in [3.05, 3.63) is 70.3 Å². The molecule has 1 atom stereocenters. The zero-order valence-corrected chi connectivity index (χ0v) is 19.7. The van der Waals surface area contributed by atoms with Crippen LogP contribution in [0.3, 0.4) is 0 Å². The first kappa shape index (κ1) is 23.5. The Balaban J connectivity index is 2.19. The molecule has 1 fully saturated rings. The molecule has 1 saturated heterocycles. The van der Waals surface area contributed by atoms with Gasteiger partial charge in [0.25, 0.3) is 11.7 Å². The summed E-state index contributed by atoms with van der Waals surface area (Å²) in [4.78, 5) is 29.7. The molecule has 6 heteroatoms. The molecule has 3 rings (SSSR count). The highest BCUT2D eigenvalue weighted by Crippen LogP contribution is 2.40. The SMILES string of the molecule is Cc1ccc(C)c(/C(O)=C2\C(=O)C(=O)N(CCN(C)C)C2c2cccc(OC(C)C)c2)c1. The van der Waals surface area contributed by atoms with E-state index < -0.39 is 17.7 Å². The molecule has 1 N–H and O–H groups in total. The van der Waals surface area contributed by atoms with Gasteiger partial charge in [0.15, 0.2) is 0 Å². The van der Waals surface area contributed by atoms with E-state index in [9.17, 15) is 14.7 Å². The number of aryl methyl sites for hydroxylation is 2. The minimum atomic E-state index is -0.689. The highest BCUT2D eigenvalue weighted by molar-refractivity contribution is 6.46. The van der Waals surface area contributed by atoms with E-state index in [1.165, 1.54) is 0 Å². The fourth-order valence-electron chi connectivity index (χ4n) is 3.93. The second-order valence-corrected chi connectivity index (χ2v) is 8.85. The first-order valence-corrected chi connectivity index (χ1v) is 10.9. The van der Waals surface area contributed by atoms with Crippen molar-refractivity contribution in [3.63, 3.8) is 0 Å². The normalized spacial score (nSPS) is 18.1. The summed E-state index contributed by atoms with van der Waals surface area (Å²) in [5, 5.41) is 11.3. The number of ketones is 1. The Bertz CT molecular complexity index is 1060. The molecule has 1 aliphatic heterocycles. The lowest BCUT2D eigenvalue weighted by atomic mass is 9.93. The maximum atomic E-state index is 13.2. The number of likely N-dealkylation sites (tertiary alicyclic amines) is 1. The van der Waals surface area contributed by atoms with Crippen molar-refractivity contribution in [1.82, 2.24) is 9.80 Å². The van der Waals surface area contributed by atoms with Crippen LogP contribution in [0.1, 0.15) is 42.1 Å². The number of likely N-dealkylation sites (N-methyl/N-ethyl adjacent to an activating group) is 1. The Labute approximate surface area is 190 Å². The molecule has 0 bridgehead atoms. The van der Waals surface area contributed by atoms with Crippen LogP contribution in [-0.2, 0) is 9.59 Å². The van der Waals surface area contributed by atoms with Gasteiger partial charge in [-0.15, -0.1) is 0 Å². The van der Waals surface area contributed by atoms with Crippen LogP contribution >= 0.6 is 0 Å². The van der Waals surface area contributed by atoms with Crippen molar-refractivity contribution >= 4 is 17.4 Å². The van der Waals surface area contributed by atoms with Gasteiger partial charge in [0.2, 0.25) is 0 Å². The quantitative estimate of drug-likeness (QED) is 0.402. The number of rotatable bonds is 7. The molecule has 1 unspecified atom stereocenters. The molecule has 0 spiro atoms. The van der Waals surface area contributed by atoms with Gasteiger partial charge in [-0.25, -0.2) is 0 Å². The van der Waals surface area contributed by atoms with Gasteiger partial charge in [0, 0.05) is 18.7 Å². The van der Waals surface area contributed by atoms with Crippen LogP contribution < -0.4 is 4.74 Å². The van der Waals surface area contributed by atoms with Gasteiger partial charge in [0.05, 0.1) is 17.7 Å². The summed E-state index contributed by atoms with van der Waals surface area (Å²) in [6, 6.07) is 12.4. The van der Waals surface area contributed by atoms with E-state index in [2.05, 4.69) is 0 Å². The van der Waals surface area contributed by atoms with Crippen molar-refractivity contribution in [3.8, 4) is 5.75 Å². The van der Waals surface area contributed by atoms with Crippen LogP contribution in [-0.4, -0.2) is 59.9 Å². The van der Waals surface area contributed by atoms with Crippen LogP contribution in [0.25, 0.3) is 5.76 Å². The van der Waals surface area contributed by atoms with E-state index in [0.29, 0.717) is 24.4 Å². The van der Waals surface area contributed by atoms with Gasteiger partial charge in [-0.05, 0) is 71.1 Å². The van der Waals surface area contributed by atoms with Crippen molar-refractivity contribution in [1.29, 1.82) is 0 Å². The summed E-state index contributed by atoms with van der Waals surface area (Å²) < 4.78 is 5.84. The molecule has 2 aromatic carbocycles. The number of hydrogen-bond donors (Lipinski definition) is 1. The maximum Gasteiger partial charge on any atom is 0.295 e. The zero-order chi connectivity index (χ0) is 23.6. The largest absolute Gasteiger partial charge is 0.507 e. The number of aliphatic hydroxyl groups is 1. The van der Waals surface area contributed by atoms with Crippen LogP contribution in [0.15, 0.2) is 48.0 Å². The number of ether oxygens (including phenoxy) is 1. The molecule has 1 amide bonds. The number of carbonyl (C=O) groups is 2. The Morgan fingerprint density at radius 1 is 1.12 bits per heavy atom. The number of amides is 1. The first-order chi connectivity index (χ1) is 15.1. The maximum absolute atomic E-state index is 13.2. The van der Waals surface area contributed by atoms with Gasteiger partial charge in [0.1, 0.15) is 11.5 Å². The molecule has 0 saturated carbocycles. The molecule has 1 heterocycles. The standard InChI is InChI=1S/C26H32N2O4/c1-16(2)32-20-9-7-8-19(15-20)23-22(24(29)21-14-17(3)10-11-18(21)4)25(30)26(31)28(23)13-12-27(5)6/h7-11,14-16,23,29H,12-13H2,1-6H3/b24-22+. The number of carbonyl (C=O) groups excluding carboxylic acids is 2. The van der Waals surface area contributed by atoms with Gasteiger partial charge in [-0.1, -0.05) is 29.8 Å². The predicted octanol–water partition coefficient (Wildman–Crippen LogP) is 4.07. The smallest absolute Gasteiger partial charge is 0.295 e. The number of benzene rings is 2. The monoisotopic (exact) mass is 436 g/mol. The van der Waals surface area contributed by atoms with Crippen molar-refractivity contribution in [2.24, 2.45) is 0 Å². The Hall–Kier alpha value is -3.12. The summed E-state index contributed by atoms with van der Waals surface area (Å²) in [7, 11) is 3.83. The van der Waals surface area contributed by atoms with Crippen molar-refractivity contribution in [2.45, 2.75) is 39.8 Å². The van der Waals surface area contributed by atoms with Crippen LogP contribution in [0.4, 0.5) is 0 Å². The van der Waals surface area contributed by atoms with Crippen molar-refractivity contribution in [2.75, 3.05) is 27.2 Å². The topological polar surface area (TPSA) is 70.1 Å². The average Bonchev–Trinajstić information content (AvgIpc) is 2.98. The Morgan fingerprint density at radius 2 is 1.84 bits per heavy atom. The molecule has 6 nitrogen and oxygen atoms in total.